The normalized spacial score (nSPS) is 10.7. The topological polar surface area (TPSA) is 20.2 Å². The van der Waals surface area contributed by atoms with Gasteiger partial charge in [0.1, 0.15) is 5.75 Å². The highest BCUT2D eigenvalue weighted by atomic mass is 127. The molecule has 0 saturated heterocycles. The van der Waals surface area contributed by atoms with Gasteiger partial charge in [0, 0.05) is 9.13 Å². The first-order chi connectivity index (χ1) is 8.25. The highest BCUT2D eigenvalue weighted by molar-refractivity contribution is 14.1. The van der Waals surface area contributed by atoms with E-state index < -0.39 is 0 Å². The van der Waals surface area contributed by atoms with Gasteiger partial charge in [0.05, 0.1) is 0 Å². The average molecular weight is 346 g/mol. The molecule has 0 aliphatic carbocycles. The van der Waals surface area contributed by atoms with E-state index in [1.54, 1.807) is 6.07 Å². The van der Waals surface area contributed by atoms with Crippen molar-refractivity contribution in [1.29, 1.82) is 0 Å². The second-order valence-electron chi connectivity index (χ2n) is 4.61. The van der Waals surface area contributed by atoms with Crippen LogP contribution in [0.4, 0.5) is 0 Å². The lowest BCUT2D eigenvalue weighted by atomic mass is 10.0. The van der Waals surface area contributed by atoms with Crippen LogP contribution in [0, 0.1) is 3.57 Å². The molecule has 0 aliphatic rings. The molecule has 0 saturated carbocycles. The van der Waals surface area contributed by atoms with Crippen LogP contribution in [0.5, 0.6) is 5.75 Å². The maximum Gasteiger partial charge on any atom is 0.119 e. The van der Waals surface area contributed by atoms with Crippen LogP contribution >= 0.6 is 22.6 Å². The van der Waals surface area contributed by atoms with Gasteiger partial charge in [0.2, 0.25) is 0 Å². The van der Waals surface area contributed by atoms with Crippen molar-refractivity contribution in [2.75, 3.05) is 0 Å². The number of aromatic hydroxyl groups is 1. The number of hydrogen-bond donors (Lipinski definition) is 1. The number of unbranched alkanes of at least 4 members (excludes halogenated alkanes) is 6. The van der Waals surface area contributed by atoms with Crippen molar-refractivity contribution in [1.82, 2.24) is 0 Å². The lowest BCUT2D eigenvalue weighted by molar-refractivity contribution is 0.465. The first kappa shape index (κ1) is 14.8. The molecule has 1 N–H and O–H groups in total. The summed E-state index contributed by atoms with van der Waals surface area (Å²) in [4.78, 5) is 0. The molecule has 96 valence electrons. The zero-order valence-corrected chi connectivity index (χ0v) is 12.9. The second-order valence-corrected chi connectivity index (χ2v) is 5.77. The zero-order valence-electron chi connectivity index (χ0n) is 10.7. The minimum absolute atomic E-state index is 0.461. The first-order valence-electron chi connectivity index (χ1n) is 6.72. The Labute approximate surface area is 119 Å². The quantitative estimate of drug-likeness (QED) is 0.501. The molecule has 0 fully saturated rings. The number of phenolic OH excluding ortho intramolecular Hbond substituents is 1. The van der Waals surface area contributed by atoms with E-state index in [0.717, 1.165) is 12.0 Å². The lowest BCUT2D eigenvalue weighted by Crippen LogP contribution is -1.91. The van der Waals surface area contributed by atoms with E-state index in [1.807, 2.05) is 6.07 Å². The Morgan fingerprint density at radius 3 is 2.29 bits per heavy atom. The summed E-state index contributed by atoms with van der Waals surface area (Å²) in [6.07, 6.45) is 10.3. The van der Waals surface area contributed by atoms with E-state index in [2.05, 4.69) is 35.6 Å². The van der Waals surface area contributed by atoms with Gasteiger partial charge in [-0.25, -0.2) is 0 Å². The summed E-state index contributed by atoms with van der Waals surface area (Å²) in [7, 11) is 0. The van der Waals surface area contributed by atoms with Crippen LogP contribution in [-0.4, -0.2) is 5.11 Å². The molecule has 0 unspecified atom stereocenters. The number of benzene rings is 1. The predicted molar refractivity (Wildman–Crippen MR) is 82.5 cm³/mol. The Hall–Kier alpha value is -0.250. The van der Waals surface area contributed by atoms with Gasteiger partial charge in [0.15, 0.2) is 0 Å². The summed E-state index contributed by atoms with van der Waals surface area (Å²) in [6.45, 7) is 2.25. The molecule has 1 nitrogen and oxygen atoms in total. The Kier molecular flexibility index (Phi) is 7.65. The van der Waals surface area contributed by atoms with Gasteiger partial charge in [-0.2, -0.15) is 0 Å². The molecule has 0 radical (unpaired) electrons. The number of halogens is 1. The molecule has 1 aromatic carbocycles. The predicted octanol–water partition coefficient (Wildman–Crippen LogP) is 5.29. The van der Waals surface area contributed by atoms with Crippen LogP contribution in [0.1, 0.15) is 57.4 Å². The highest BCUT2D eigenvalue weighted by Gasteiger charge is 2.04. The molecule has 0 spiro atoms. The molecule has 0 aliphatic heterocycles. The zero-order chi connectivity index (χ0) is 12.5. The van der Waals surface area contributed by atoms with Crippen LogP contribution in [0.3, 0.4) is 0 Å². The fourth-order valence-electron chi connectivity index (χ4n) is 2.05. The highest BCUT2D eigenvalue weighted by Crippen LogP contribution is 2.24. The van der Waals surface area contributed by atoms with Crippen molar-refractivity contribution in [2.45, 2.75) is 58.3 Å². The summed E-state index contributed by atoms with van der Waals surface area (Å²) in [5, 5.41) is 9.76. The van der Waals surface area contributed by atoms with Gasteiger partial charge in [-0.05, 0) is 47.6 Å². The molecule has 2 heteroatoms. The average Bonchev–Trinajstić information content (AvgIpc) is 2.31. The van der Waals surface area contributed by atoms with Crippen molar-refractivity contribution in [3.63, 3.8) is 0 Å². The molecule has 0 atom stereocenters. The Morgan fingerprint density at radius 2 is 1.65 bits per heavy atom. The van der Waals surface area contributed by atoms with Crippen LogP contribution in [0.15, 0.2) is 18.2 Å². The SMILES string of the molecule is CCCCCCCCCc1c(O)cccc1I. The Balaban J connectivity index is 2.18. The molecule has 0 aromatic heterocycles. The van der Waals surface area contributed by atoms with E-state index >= 15 is 0 Å². The maximum absolute atomic E-state index is 9.76. The van der Waals surface area contributed by atoms with Gasteiger partial charge in [0.25, 0.3) is 0 Å². The van der Waals surface area contributed by atoms with Gasteiger partial charge < -0.3 is 5.11 Å². The van der Waals surface area contributed by atoms with E-state index in [4.69, 9.17) is 0 Å². The second kappa shape index (κ2) is 8.78. The number of phenols is 1. The fourth-order valence-corrected chi connectivity index (χ4v) is 2.81. The Morgan fingerprint density at radius 1 is 1.00 bits per heavy atom. The summed E-state index contributed by atoms with van der Waals surface area (Å²) < 4.78 is 1.19. The summed E-state index contributed by atoms with van der Waals surface area (Å²) >= 11 is 2.31. The third-order valence-corrected chi connectivity index (χ3v) is 4.14. The molecule has 0 amide bonds. The molecule has 0 heterocycles. The van der Waals surface area contributed by atoms with Gasteiger partial charge in [-0.3, -0.25) is 0 Å². The molecular formula is C15H23IO. The summed E-state index contributed by atoms with van der Waals surface area (Å²) in [5.41, 5.74) is 1.13. The van der Waals surface area contributed by atoms with E-state index in [1.165, 1.54) is 48.5 Å². The smallest absolute Gasteiger partial charge is 0.119 e. The minimum Gasteiger partial charge on any atom is -0.508 e. The van der Waals surface area contributed by atoms with Crippen molar-refractivity contribution in [3.05, 3.63) is 27.3 Å². The van der Waals surface area contributed by atoms with Gasteiger partial charge >= 0.3 is 0 Å². The van der Waals surface area contributed by atoms with Crippen molar-refractivity contribution in [3.8, 4) is 5.75 Å². The van der Waals surface area contributed by atoms with E-state index in [-0.39, 0.29) is 0 Å². The first-order valence-corrected chi connectivity index (χ1v) is 7.80. The third-order valence-electron chi connectivity index (χ3n) is 3.12. The molecule has 0 bridgehead atoms. The van der Waals surface area contributed by atoms with Crippen molar-refractivity contribution >= 4 is 22.6 Å². The van der Waals surface area contributed by atoms with E-state index in [9.17, 15) is 5.11 Å². The van der Waals surface area contributed by atoms with E-state index in [0.29, 0.717) is 5.75 Å². The molecule has 1 rings (SSSR count). The molecular weight excluding hydrogens is 323 g/mol. The van der Waals surface area contributed by atoms with Crippen molar-refractivity contribution in [2.24, 2.45) is 0 Å². The lowest BCUT2D eigenvalue weighted by Gasteiger charge is -2.07. The van der Waals surface area contributed by atoms with Crippen LogP contribution < -0.4 is 0 Å². The molecule has 17 heavy (non-hydrogen) atoms. The number of rotatable bonds is 8. The third kappa shape index (κ3) is 5.75. The maximum atomic E-state index is 9.76. The van der Waals surface area contributed by atoms with Crippen LogP contribution in [-0.2, 0) is 6.42 Å². The minimum atomic E-state index is 0.461. The number of hydrogen-bond acceptors (Lipinski definition) is 1. The summed E-state index contributed by atoms with van der Waals surface area (Å²) in [6, 6.07) is 5.76. The fraction of sp³-hybridized carbons (Fsp3) is 0.600. The van der Waals surface area contributed by atoms with Crippen LogP contribution in [0.2, 0.25) is 0 Å². The standard InChI is InChI=1S/C15H23IO/c1-2-3-4-5-6-7-8-10-13-14(16)11-9-12-15(13)17/h9,11-12,17H,2-8,10H2,1H3. The van der Waals surface area contributed by atoms with Crippen LogP contribution in [0.25, 0.3) is 0 Å². The van der Waals surface area contributed by atoms with Gasteiger partial charge in [-0.15, -0.1) is 0 Å². The van der Waals surface area contributed by atoms with Crippen molar-refractivity contribution < 1.29 is 5.11 Å². The largest absolute Gasteiger partial charge is 0.508 e. The molecule has 1 aromatic rings. The Bertz CT molecular complexity index is 302. The monoisotopic (exact) mass is 346 g/mol. The van der Waals surface area contributed by atoms with Gasteiger partial charge in [-0.1, -0.05) is 51.5 Å². The summed E-state index contributed by atoms with van der Waals surface area (Å²) in [5.74, 6) is 0.461.